The molecule has 0 radical (unpaired) electrons. The zero-order valence-corrected chi connectivity index (χ0v) is 17.1. The molecular formula is C27H17NO4. The lowest BCUT2D eigenvalue weighted by Gasteiger charge is -2.30. The summed E-state index contributed by atoms with van der Waals surface area (Å²) < 4.78 is 12.5. The second-order valence-electron chi connectivity index (χ2n) is 7.97. The van der Waals surface area contributed by atoms with E-state index in [1.807, 2.05) is 55.5 Å². The van der Waals surface area contributed by atoms with Crippen LogP contribution in [0.5, 0.6) is 11.5 Å². The Hall–Kier alpha value is -4.14. The topological polar surface area (TPSA) is 72.0 Å². The van der Waals surface area contributed by atoms with E-state index in [1.54, 1.807) is 18.2 Å². The summed E-state index contributed by atoms with van der Waals surface area (Å²) in [6, 6.07) is 17.1. The fraction of sp³-hybridized carbons (Fsp3) is 0.111. The van der Waals surface area contributed by atoms with Gasteiger partial charge in [0.25, 0.3) is 0 Å². The number of fused-ring (bicyclic) bond motifs is 6. The van der Waals surface area contributed by atoms with Crippen molar-refractivity contribution in [2.45, 2.75) is 18.9 Å². The lowest BCUT2D eigenvalue weighted by molar-refractivity contribution is 0.281. The van der Waals surface area contributed by atoms with E-state index >= 15 is 0 Å². The number of benzene rings is 3. The number of nitrogens with zero attached hydrogens (tertiary/aromatic N) is 1. The molecule has 4 aromatic rings. The molecule has 2 unspecified atom stereocenters. The highest BCUT2D eigenvalue weighted by atomic mass is 16.5. The smallest absolute Gasteiger partial charge is 0.134 e. The SMILES string of the molecule is Cc1ccc(C2c3c(ccc4c3C#CC(O)C=C4)Oc3ccc4ccc(N=O)cc4c32)o1. The van der Waals surface area contributed by atoms with Crippen LogP contribution in [-0.2, 0) is 0 Å². The highest BCUT2D eigenvalue weighted by Gasteiger charge is 2.35. The molecule has 1 aliphatic carbocycles. The number of ether oxygens (including phenoxy) is 1. The van der Waals surface area contributed by atoms with Crippen molar-refractivity contribution in [2.24, 2.45) is 5.18 Å². The molecule has 5 nitrogen and oxygen atoms in total. The number of hydrogen-bond acceptors (Lipinski definition) is 5. The molecule has 0 amide bonds. The molecule has 32 heavy (non-hydrogen) atoms. The Bertz CT molecular complexity index is 1520. The molecule has 1 N–H and O–H groups in total. The number of aryl methyl sites for hydroxylation is 1. The Morgan fingerprint density at radius 2 is 1.81 bits per heavy atom. The average molecular weight is 419 g/mol. The number of rotatable bonds is 2. The number of aliphatic hydroxyl groups is 1. The van der Waals surface area contributed by atoms with Crippen LogP contribution in [0, 0.1) is 23.7 Å². The Labute approximate surface area is 183 Å². The summed E-state index contributed by atoms with van der Waals surface area (Å²) in [6.45, 7) is 1.91. The first-order chi connectivity index (χ1) is 15.6. The van der Waals surface area contributed by atoms with Crippen LogP contribution in [0.15, 0.2) is 70.3 Å². The highest BCUT2D eigenvalue weighted by Crippen LogP contribution is 2.52. The summed E-state index contributed by atoms with van der Waals surface area (Å²) in [5.41, 5.74) is 3.83. The van der Waals surface area contributed by atoms with Gasteiger partial charge < -0.3 is 14.3 Å². The lowest BCUT2D eigenvalue weighted by Crippen LogP contribution is -2.14. The molecule has 1 aromatic heterocycles. The first-order valence-corrected chi connectivity index (χ1v) is 10.3. The van der Waals surface area contributed by atoms with Crippen LogP contribution in [0.2, 0.25) is 0 Å². The van der Waals surface area contributed by atoms with E-state index in [2.05, 4.69) is 17.0 Å². The van der Waals surface area contributed by atoms with Crippen molar-refractivity contribution in [3.8, 4) is 23.3 Å². The van der Waals surface area contributed by atoms with Gasteiger partial charge in [-0.3, -0.25) is 0 Å². The quantitative estimate of drug-likeness (QED) is 0.275. The molecule has 5 heteroatoms. The maximum Gasteiger partial charge on any atom is 0.134 e. The molecule has 0 saturated carbocycles. The lowest BCUT2D eigenvalue weighted by atomic mass is 9.80. The third-order valence-corrected chi connectivity index (χ3v) is 6.00. The van der Waals surface area contributed by atoms with E-state index in [0.29, 0.717) is 17.2 Å². The zero-order valence-electron chi connectivity index (χ0n) is 17.1. The van der Waals surface area contributed by atoms with Crippen LogP contribution in [-0.4, -0.2) is 11.2 Å². The minimum Gasteiger partial charge on any atom is -0.465 e. The van der Waals surface area contributed by atoms with Gasteiger partial charge in [-0.15, -0.1) is 4.91 Å². The predicted molar refractivity (Wildman–Crippen MR) is 122 cm³/mol. The number of furan rings is 1. The summed E-state index contributed by atoms with van der Waals surface area (Å²) in [7, 11) is 0. The van der Waals surface area contributed by atoms with Gasteiger partial charge in [-0.1, -0.05) is 36.1 Å². The molecule has 2 heterocycles. The van der Waals surface area contributed by atoms with Crippen LogP contribution in [0.1, 0.15) is 39.7 Å². The maximum atomic E-state index is 11.3. The molecule has 0 fully saturated rings. The monoisotopic (exact) mass is 419 g/mol. The minimum absolute atomic E-state index is 0.305. The van der Waals surface area contributed by atoms with E-state index in [9.17, 15) is 10.0 Å². The normalized spacial score (nSPS) is 17.9. The summed E-state index contributed by atoms with van der Waals surface area (Å²) >= 11 is 0. The minimum atomic E-state index is -0.832. The summed E-state index contributed by atoms with van der Waals surface area (Å²) in [6.07, 6.45) is 2.71. The van der Waals surface area contributed by atoms with Crippen molar-refractivity contribution in [3.63, 3.8) is 0 Å². The average Bonchev–Trinajstić information content (AvgIpc) is 3.15. The molecule has 0 spiro atoms. The van der Waals surface area contributed by atoms with Gasteiger partial charge in [0.15, 0.2) is 0 Å². The Morgan fingerprint density at radius 3 is 2.62 bits per heavy atom. The summed E-state index contributed by atoms with van der Waals surface area (Å²) in [5.74, 6) is 8.69. The van der Waals surface area contributed by atoms with Crippen molar-refractivity contribution in [1.29, 1.82) is 0 Å². The van der Waals surface area contributed by atoms with Gasteiger partial charge in [-0.25, -0.2) is 0 Å². The Morgan fingerprint density at radius 1 is 1.00 bits per heavy atom. The van der Waals surface area contributed by atoms with Crippen LogP contribution in [0.3, 0.4) is 0 Å². The zero-order chi connectivity index (χ0) is 21.8. The number of hydrogen-bond donors (Lipinski definition) is 1. The molecule has 2 aliphatic rings. The molecule has 0 bridgehead atoms. The molecule has 2 atom stereocenters. The number of aliphatic hydroxyl groups excluding tert-OH is 1. The first-order valence-electron chi connectivity index (χ1n) is 10.3. The van der Waals surface area contributed by atoms with Gasteiger partial charge in [0.1, 0.15) is 34.8 Å². The Balaban J connectivity index is 1.72. The highest BCUT2D eigenvalue weighted by molar-refractivity contribution is 5.92. The maximum absolute atomic E-state index is 11.3. The van der Waals surface area contributed by atoms with Crippen molar-refractivity contribution < 1.29 is 14.3 Å². The van der Waals surface area contributed by atoms with E-state index in [-0.39, 0.29) is 5.92 Å². The van der Waals surface area contributed by atoms with Gasteiger partial charge in [-0.2, -0.15) is 0 Å². The van der Waals surface area contributed by atoms with Gasteiger partial charge in [0.2, 0.25) is 0 Å². The van der Waals surface area contributed by atoms with E-state index in [0.717, 1.165) is 44.5 Å². The Kier molecular flexibility index (Phi) is 4.04. The van der Waals surface area contributed by atoms with Crippen molar-refractivity contribution >= 4 is 22.5 Å². The molecule has 3 aromatic carbocycles. The standard InChI is InChI=1S/C27H17NO4/c1-15-2-11-24(31-15)27-25-20-10-9-19(29)8-4-16(20)5-12-22(25)32-23-13-6-17-3-7-18(28-30)14-21(17)26(23)27/h2-8,11-14,19,27,29H,1H3. The van der Waals surface area contributed by atoms with Gasteiger partial charge in [0, 0.05) is 16.7 Å². The van der Waals surface area contributed by atoms with Crippen LogP contribution in [0.4, 0.5) is 5.69 Å². The molecule has 6 rings (SSSR count). The summed E-state index contributed by atoms with van der Waals surface area (Å²) in [5, 5.41) is 15.0. The van der Waals surface area contributed by atoms with E-state index in [1.165, 1.54) is 0 Å². The van der Waals surface area contributed by atoms with Gasteiger partial charge >= 0.3 is 0 Å². The molecule has 1 aliphatic heterocycles. The summed E-state index contributed by atoms with van der Waals surface area (Å²) in [4.78, 5) is 11.3. The van der Waals surface area contributed by atoms with Crippen LogP contribution in [0.25, 0.3) is 16.8 Å². The van der Waals surface area contributed by atoms with Gasteiger partial charge in [-0.05, 0) is 70.9 Å². The van der Waals surface area contributed by atoms with E-state index in [4.69, 9.17) is 9.15 Å². The fourth-order valence-corrected chi connectivity index (χ4v) is 4.57. The van der Waals surface area contributed by atoms with Gasteiger partial charge in [0.05, 0.1) is 5.92 Å². The number of nitroso groups, excluding NO2 is 1. The molecule has 154 valence electrons. The third kappa shape index (κ3) is 2.78. The fourth-order valence-electron chi connectivity index (χ4n) is 4.57. The third-order valence-electron chi connectivity index (χ3n) is 6.00. The van der Waals surface area contributed by atoms with Crippen molar-refractivity contribution in [3.05, 3.63) is 99.4 Å². The second-order valence-corrected chi connectivity index (χ2v) is 7.97. The first kappa shape index (κ1) is 18.6. The second kappa shape index (κ2) is 6.94. The van der Waals surface area contributed by atoms with Crippen LogP contribution >= 0.6 is 0 Å². The van der Waals surface area contributed by atoms with Crippen molar-refractivity contribution in [1.82, 2.24) is 0 Å². The largest absolute Gasteiger partial charge is 0.465 e. The van der Waals surface area contributed by atoms with Crippen molar-refractivity contribution in [2.75, 3.05) is 0 Å². The molecule has 0 saturated heterocycles. The molecular weight excluding hydrogens is 402 g/mol. The predicted octanol–water partition coefficient (Wildman–Crippen LogP) is 6.16. The van der Waals surface area contributed by atoms with E-state index < -0.39 is 6.10 Å². The van der Waals surface area contributed by atoms with Crippen LogP contribution < -0.4 is 4.74 Å².